The molecule has 0 fully saturated rings. The van der Waals surface area contributed by atoms with Gasteiger partial charge in [-0.05, 0) is 43.6 Å². The van der Waals surface area contributed by atoms with Crippen LogP contribution < -0.4 is 10.6 Å². The Hall–Kier alpha value is -3.51. The number of aromatic nitrogens is 4. The van der Waals surface area contributed by atoms with Gasteiger partial charge in [-0.25, -0.2) is 19.9 Å². The molecule has 0 aliphatic heterocycles. The molecule has 2 aromatic heterocycles. The summed E-state index contributed by atoms with van der Waals surface area (Å²) in [6, 6.07) is 21.7. The minimum Gasteiger partial charge on any atom is -0.340 e. The van der Waals surface area contributed by atoms with Crippen LogP contribution in [0.25, 0.3) is 11.3 Å². The third kappa shape index (κ3) is 4.86. The van der Waals surface area contributed by atoms with Crippen molar-refractivity contribution in [1.82, 2.24) is 19.9 Å². The van der Waals surface area contributed by atoms with Crippen molar-refractivity contribution in [2.75, 3.05) is 10.6 Å². The lowest BCUT2D eigenvalue weighted by molar-refractivity contribution is 1.06. The van der Waals surface area contributed by atoms with Crippen molar-refractivity contribution in [3.8, 4) is 11.3 Å². The van der Waals surface area contributed by atoms with Gasteiger partial charge in [0.25, 0.3) is 0 Å². The van der Waals surface area contributed by atoms with Gasteiger partial charge in [-0.15, -0.1) is 0 Å². The highest BCUT2D eigenvalue weighted by Gasteiger charge is 2.06. The van der Waals surface area contributed by atoms with Gasteiger partial charge in [-0.1, -0.05) is 36.4 Å². The van der Waals surface area contributed by atoms with Gasteiger partial charge in [0, 0.05) is 34.8 Å². The second-order valence-electron chi connectivity index (χ2n) is 6.55. The molecule has 7 heteroatoms. The molecule has 4 rings (SSSR count). The molecule has 6 nitrogen and oxygen atoms in total. The summed E-state index contributed by atoms with van der Waals surface area (Å²) in [4.78, 5) is 17.3. The standard InChI is InChI=1S/C22H19ClN6/c1-14-11-20(29-22(23)24-14)27-17-9-6-10-18(12-17)28-21-13-19(25-15(2)26-21)16-7-4-3-5-8-16/h3-13H,1-2H3,(H,24,27,29)(H,25,26,28). The highest BCUT2D eigenvalue weighted by Crippen LogP contribution is 2.25. The number of nitrogens with one attached hydrogen (secondary N) is 2. The Bertz CT molecular complexity index is 1130. The minimum atomic E-state index is 0.215. The lowest BCUT2D eigenvalue weighted by atomic mass is 10.1. The quantitative estimate of drug-likeness (QED) is 0.417. The van der Waals surface area contributed by atoms with Crippen molar-refractivity contribution < 1.29 is 0 Å². The number of hydrogen-bond donors (Lipinski definition) is 2. The van der Waals surface area contributed by atoms with Gasteiger partial charge >= 0.3 is 0 Å². The summed E-state index contributed by atoms with van der Waals surface area (Å²) >= 11 is 5.95. The van der Waals surface area contributed by atoms with Crippen LogP contribution in [0.2, 0.25) is 5.28 Å². The molecule has 0 amide bonds. The van der Waals surface area contributed by atoms with Crippen LogP contribution in [0, 0.1) is 13.8 Å². The van der Waals surface area contributed by atoms with E-state index in [4.69, 9.17) is 11.6 Å². The van der Waals surface area contributed by atoms with E-state index in [0.717, 1.165) is 34.1 Å². The first-order valence-electron chi connectivity index (χ1n) is 9.11. The molecule has 0 atom stereocenters. The van der Waals surface area contributed by atoms with Crippen LogP contribution in [0.4, 0.5) is 23.0 Å². The summed E-state index contributed by atoms with van der Waals surface area (Å²) < 4.78 is 0. The average molecular weight is 403 g/mol. The molecule has 2 heterocycles. The summed E-state index contributed by atoms with van der Waals surface area (Å²) in [6.07, 6.45) is 0. The van der Waals surface area contributed by atoms with Gasteiger partial charge in [-0.2, -0.15) is 0 Å². The number of benzene rings is 2. The van der Waals surface area contributed by atoms with E-state index in [1.165, 1.54) is 0 Å². The first-order valence-corrected chi connectivity index (χ1v) is 9.49. The van der Waals surface area contributed by atoms with Crippen molar-refractivity contribution in [3.63, 3.8) is 0 Å². The third-order valence-corrected chi connectivity index (χ3v) is 4.31. The molecule has 0 radical (unpaired) electrons. The Balaban J connectivity index is 1.57. The van der Waals surface area contributed by atoms with Crippen molar-refractivity contribution in [1.29, 1.82) is 0 Å². The van der Waals surface area contributed by atoms with Gasteiger partial charge in [-0.3, -0.25) is 0 Å². The fourth-order valence-corrected chi connectivity index (χ4v) is 3.18. The zero-order chi connectivity index (χ0) is 20.2. The maximum Gasteiger partial charge on any atom is 0.224 e. The lowest BCUT2D eigenvalue weighted by Crippen LogP contribution is -2.00. The van der Waals surface area contributed by atoms with E-state index in [9.17, 15) is 0 Å². The van der Waals surface area contributed by atoms with E-state index in [1.54, 1.807) is 0 Å². The van der Waals surface area contributed by atoms with Gasteiger partial charge in [0.15, 0.2) is 0 Å². The summed E-state index contributed by atoms with van der Waals surface area (Å²) in [7, 11) is 0. The van der Waals surface area contributed by atoms with Crippen LogP contribution in [-0.2, 0) is 0 Å². The van der Waals surface area contributed by atoms with E-state index < -0.39 is 0 Å². The molecule has 2 N–H and O–H groups in total. The zero-order valence-corrected chi connectivity index (χ0v) is 16.8. The van der Waals surface area contributed by atoms with E-state index >= 15 is 0 Å². The summed E-state index contributed by atoms with van der Waals surface area (Å²) in [5.74, 6) is 2.08. The van der Waals surface area contributed by atoms with Gasteiger partial charge < -0.3 is 10.6 Å². The molecule has 0 saturated heterocycles. The van der Waals surface area contributed by atoms with Crippen LogP contribution in [0.15, 0.2) is 66.7 Å². The Kier molecular flexibility index (Phi) is 5.35. The maximum absolute atomic E-state index is 5.95. The van der Waals surface area contributed by atoms with Gasteiger partial charge in [0.2, 0.25) is 5.28 Å². The number of hydrogen-bond acceptors (Lipinski definition) is 6. The monoisotopic (exact) mass is 402 g/mol. The van der Waals surface area contributed by atoms with Gasteiger partial charge in [0.05, 0.1) is 5.69 Å². The average Bonchev–Trinajstić information content (AvgIpc) is 2.68. The number of nitrogens with zero attached hydrogens (tertiary/aromatic N) is 4. The number of aryl methyl sites for hydroxylation is 2. The highest BCUT2D eigenvalue weighted by atomic mass is 35.5. The van der Waals surface area contributed by atoms with Crippen LogP contribution >= 0.6 is 11.6 Å². The third-order valence-electron chi connectivity index (χ3n) is 4.14. The first kappa shape index (κ1) is 18.8. The van der Waals surface area contributed by atoms with E-state index in [1.807, 2.05) is 80.6 Å². The summed E-state index contributed by atoms with van der Waals surface area (Å²) in [6.45, 7) is 3.76. The number of rotatable bonds is 5. The fourth-order valence-electron chi connectivity index (χ4n) is 2.96. The Labute approximate surface area is 174 Å². The second kappa shape index (κ2) is 8.24. The molecule has 0 aliphatic rings. The highest BCUT2D eigenvalue weighted by molar-refractivity contribution is 6.28. The molecule has 0 saturated carbocycles. The maximum atomic E-state index is 5.95. The SMILES string of the molecule is Cc1cc(Nc2cccc(Nc3cc(-c4ccccc4)nc(C)n3)c2)nc(Cl)n1. The predicted molar refractivity (Wildman–Crippen MR) is 117 cm³/mol. The molecule has 29 heavy (non-hydrogen) atoms. The van der Waals surface area contributed by atoms with Crippen LogP contribution in [0.3, 0.4) is 0 Å². The van der Waals surface area contributed by atoms with Crippen LogP contribution in [0.1, 0.15) is 11.5 Å². The lowest BCUT2D eigenvalue weighted by Gasteiger charge is -2.11. The van der Waals surface area contributed by atoms with E-state index in [-0.39, 0.29) is 5.28 Å². The predicted octanol–water partition coefficient (Wildman–Crippen LogP) is 5.69. The Morgan fingerprint density at radius 3 is 2.07 bits per heavy atom. The van der Waals surface area contributed by atoms with E-state index in [2.05, 4.69) is 30.6 Å². The van der Waals surface area contributed by atoms with Crippen LogP contribution in [0.5, 0.6) is 0 Å². The Morgan fingerprint density at radius 1 is 0.690 bits per heavy atom. The topological polar surface area (TPSA) is 75.6 Å². The molecular formula is C22H19ClN6. The first-order chi connectivity index (χ1) is 14.0. The molecular weight excluding hydrogens is 384 g/mol. The summed E-state index contributed by atoms with van der Waals surface area (Å²) in [5, 5.41) is 6.82. The molecule has 0 unspecified atom stereocenters. The largest absolute Gasteiger partial charge is 0.340 e. The van der Waals surface area contributed by atoms with Gasteiger partial charge in [0.1, 0.15) is 17.5 Å². The number of anilines is 4. The molecule has 2 aromatic carbocycles. The molecule has 0 bridgehead atoms. The number of halogens is 1. The van der Waals surface area contributed by atoms with Crippen LogP contribution in [-0.4, -0.2) is 19.9 Å². The van der Waals surface area contributed by atoms with Crippen molar-refractivity contribution >= 4 is 34.6 Å². The zero-order valence-electron chi connectivity index (χ0n) is 16.0. The molecule has 0 aliphatic carbocycles. The molecule has 144 valence electrons. The van der Waals surface area contributed by atoms with Crippen molar-refractivity contribution in [2.45, 2.75) is 13.8 Å². The normalized spacial score (nSPS) is 10.6. The fraction of sp³-hybridized carbons (Fsp3) is 0.0909. The van der Waals surface area contributed by atoms with Crippen molar-refractivity contribution in [3.05, 3.63) is 83.5 Å². The summed E-state index contributed by atoms with van der Waals surface area (Å²) in [5.41, 5.74) is 4.49. The van der Waals surface area contributed by atoms with E-state index in [0.29, 0.717) is 11.6 Å². The second-order valence-corrected chi connectivity index (χ2v) is 6.88. The molecule has 4 aromatic rings. The van der Waals surface area contributed by atoms with Crippen molar-refractivity contribution in [2.24, 2.45) is 0 Å². The minimum absolute atomic E-state index is 0.215. The smallest absolute Gasteiger partial charge is 0.224 e. The Morgan fingerprint density at radius 2 is 1.38 bits per heavy atom. The molecule has 0 spiro atoms.